The molecule has 0 bridgehead atoms. The Bertz CT molecular complexity index is 1230. The number of carbonyl (C=O) groups is 1. The Labute approximate surface area is 172 Å². The molecule has 0 saturated heterocycles. The maximum Gasteiger partial charge on any atom is 0.302 e. The van der Waals surface area contributed by atoms with Gasteiger partial charge in [-0.15, -0.1) is 10.2 Å². The van der Waals surface area contributed by atoms with Gasteiger partial charge in [-0.05, 0) is 39.5 Å². The van der Waals surface area contributed by atoms with Gasteiger partial charge >= 0.3 is 5.91 Å². The van der Waals surface area contributed by atoms with Gasteiger partial charge in [-0.25, -0.2) is 0 Å². The number of ether oxygens (including phenoxy) is 1. The molecule has 0 saturated carbocycles. The monoisotopic (exact) mass is 457 g/mol. The molecule has 4 rings (SSSR count). The van der Waals surface area contributed by atoms with Crippen molar-refractivity contribution in [1.82, 2.24) is 4.98 Å². The summed E-state index contributed by atoms with van der Waals surface area (Å²) in [5.74, 6) is -0.195. The molecule has 4 aromatic rings. The number of hydrogen-bond donors (Lipinski definition) is 2. The summed E-state index contributed by atoms with van der Waals surface area (Å²) in [6.07, 6.45) is 0. The number of H-pyrrole nitrogens is 1. The highest BCUT2D eigenvalue weighted by atomic mass is 79.9. The molecular formula is C20H13BrClN3O3. The Balaban J connectivity index is 1.53. The molecule has 1 aromatic heterocycles. The normalized spacial score (nSPS) is 11.5. The Morgan fingerprint density at radius 2 is 1.93 bits per heavy atom. The lowest BCUT2D eigenvalue weighted by molar-refractivity contribution is -0.120. The highest BCUT2D eigenvalue weighted by Gasteiger charge is 2.14. The molecule has 0 aliphatic carbocycles. The van der Waals surface area contributed by atoms with Gasteiger partial charge < -0.3 is 14.8 Å². The van der Waals surface area contributed by atoms with Crippen LogP contribution >= 0.6 is 27.5 Å². The Morgan fingerprint density at radius 3 is 2.79 bits per heavy atom. The van der Waals surface area contributed by atoms with Crippen LogP contribution in [0.15, 0.2) is 69.3 Å². The third-order valence-corrected chi connectivity index (χ3v) is 4.98. The third kappa shape index (κ3) is 3.58. The van der Waals surface area contributed by atoms with Crippen molar-refractivity contribution in [2.75, 3.05) is 6.61 Å². The third-order valence-electron chi connectivity index (χ3n) is 4.14. The molecule has 0 radical (unpaired) electrons. The van der Waals surface area contributed by atoms with Crippen LogP contribution in [0.4, 0.5) is 5.69 Å². The van der Waals surface area contributed by atoms with Crippen LogP contribution in [-0.2, 0) is 4.79 Å². The molecule has 2 N–H and O–H groups in total. The molecule has 1 amide bonds. The van der Waals surface area contributed by atoms with Gasteiger partial charge in [0.2, 0.25) is 5.88 Å². The van der Waals surface area contributed by atoms with Gasteiger partial charge in [0.25, 0.3) is 0 Å². The van der Waals surface area contributed by atoms with Gasteiger partial charge in [0, 0.05) is 20.3 Å². The molecule has 0 unspecified atom stereocenters. The van der Waals surface area contributed by atoms with E-state index in [9.17, 15) is 9.90 Å². The fourth-order valence-electron chi connectivity index (χ4n) is 2.89. The lowest BCUT2D eigenvalue weighted by Crippen LogP contribution is -2.08. The van der Waals surface area contributed by atoms with Crippen molar-refractivity contribution in [3.63, 3.8) is 0 Å². The van der Waals surface area contributed by atoms with Gasteiger partial charge in [-0.1, -0.05) is 48.0 Å². The number of azo groups is 1. The Kier molecular flexibility index (Phi) is 5.02. The summed E-state index contributed by atoms with van der Waals surface area (Å²) >= 11 is 9.41. The van der Waals surface area contributed by atoms with Crippen LogP contribution in [0.25, 0.3) is 21.7 Å². The number of aromatic amines is 1. The van der Waals surface area contributed by atoms with E-state index in [0.717, 1.165) is 10.8 Å². The van der Waals surface area contributed by atoms with Crippen LogP contribution < -0.4 is 4.74 Å². The summed E-state index contributed by atoms with van der Waals surface area (Å²) < 4.78 is 6.27. The number of halogens is 2. The second kappa shape index (κ2) is 7.61. The quantitative estimate of drug-likeness (QED) is 0.360. The molecule has 8 heteroatoms. The van der Waals surface area contributed by atoms with Gasteiger partial charge in [-0.2, -0.15) is 0 Å². The zero-order valence-electron chi connectivity index (χ0n) is 14.3. The fraction of sp³-hybridized carbons (Fsp3) is 0.0500. The van der Waals surface area contributed by atoms with Crippen molar-refractivity contribution < 1.29 is 14.6 Å². The molecule has 6 nitrogen and oxygen atoms in total. The Morgan fingerprint density at radius 1 is 1.14 bits per heavy atom. The number of carbonyl (C=O) groups excluding carboxylic acids is 1. The van der Waals surface area contributed by atoms with E-state index in [-0.39, 0.29) is 18.2 Å². The van der Waals surface area contributed by atoms with Crippen LogP contribution in [0, 0.1) is 0 Å². The average Bonchev–Trinajstić information content (AvgIpc) is 3.00. The lowest BCUT2D eigenvalue weighted by Gasteiger charge is -2.06. The topological polar surface area (TPSA) is 87.0 Å². The number of rotatable bonds is 4. The van der Waals surface area contributed by atoms with E-state index < -0.39 is 5.91 Å². The van der Waals surface area contributed by atoms with E-state index in [1.807, 2.05) is 36.4 Å². The fourth-order valence-corrected chi connectivity index (χ4v) is 3.80. The summed E-state index contributed by atoms with van der Waals surface area (Å²) in [5.41, 5.74) is 0.743. The highest BCUT2D eigenvalue weighted by Crippen LogP contribution is 2.40. The maximum atomic E-state index is 12.1. The second-order valence-electron chi connectivity index (χ2n) is 5.99. The minimum atomic E-state index is -0.581. The standard InChI is InChI=1S/C20H13BrClN3O3/c21-15-9-12(22)8-14-18(15)23-20(27)19(14)25-24-17(26)10-28-16-7-3-5-11-4-1-2-6-13(11)16/h1-9,23,27H,10H2. The number of aromatic hydroxyl groups is 1. The first-order valence-electron chi connectivity index (χ1n) is 8.28. The highest BCUT2D eigenvalue weighted by molar-refractivity contribution is 9.10. The van der Waals surface area contributed by atoms with E-state index in [0.29, 0.717) is 26.1 Å². The second-order valence-corrected chi connectivity index (χ2v) is 7.28. The first-order valence-corrected chi connectivity index (χ1v) is 9.45. The summed E-state index contributed by atoms with van der Waals surface area (Å²) in [7, 11) is 0. The molecule has 0 aliphatic heterocycles. The molecule has 28 heavy (non-hydrogen) atoms. The number of amides is 1. The van der Waals surface area contributed by atoms with E-state index in [1.165, 1.54) is 0 Å². The Hall–Kier alpha value is -2.90. The van der Waals surface area contributed by atoms with Crippen molar-refractivity contribution >= 4 is 60.8 Å². The average molecular weight is 459 g/mol. The summed E-state index contributed by atoms with van der Waals surface area (Å²) in [4.78, 5) is 14.9. The van der Waals surface area contributed by atoms with Crippen LogP contribution in [0.5, 0.6) is 11.6 Å². The van der Waals surface area contributed by atoms with Gasteiger partial charge in [0.1, 0.15) is 5.75 Å². The maximum absolute atomic E-state index is 12.1. The minimum Gasteiger partial charge on any atom is -0.493 e. The number of aromatic nitrogens is 1. The predicted molar refractivity (Wildman–Crippen MR) is 112 cm³/mol. The largest absolute Gasteiger partial charge is 0.493 e. The molecular weight excluding hydrogens is 446 g/mol. The SMILES string of the molecule is O=C(COc1cccc2ccccc12)N=Nc1c(O)[nH]c2c(Br)cc(Cl)cc12. The van der Waals surface area contributed by atoms with Gasteiger partial charge in [-0.3, -0.25) is 4.79 Å². The van der Waals surface area contributed by atoms with Crippen molar-refractivity contribution in [3.05, 3.63) is 64.1 Å². The number of benzene rings is 3. The van der Waals surface area contributed by atoms with E-state index in [1.54, 1.807) is 18.2 Å². The number of nitrogens with one attached hydrogen (secondary N) is 1. The molecule has 0 fully saturated rings. The summed E-state index contributed by atoms with van der Waals surface area (Å²) in [5, 5.41) is 20.5. The van der Waals surface area contributed by atoms with Crippen molar-refractivity contribution in [3.8, 4) is 11.6 Å². The zero-order chi connectivity index (χ0) is 19.7. The van der Waals surface area contributed by atoms with Crippen molar-refractivity contribution in [2.45, 2.75) is 0 Å². The molecule has 0 spiro atoms. The van der Waals surface area contributed by atoms with E-state index >= 15 is 0 Å². The van der Waals surface area contributed by atoms with Crippen LogP contribution in [0.2, 0.25) is 5.02 Å². The van der Waals surface area contributed by atoms with Crippen molar-refractivity contribution in [1.29, 1.82) is 0 Å². The van der Waals surface area contributed by atoms with Crippen LogP contribution in [0.1, 0.15) is 0 Å². The van der Waals surface area contributed by atoms with Gasteiger partial charge in [0.15, 0.2) is 12.3 Å². The van der Waals surface area contributed by atoms with Crippen molar-refractivity contribution in [2.24, 2.45) is 10.2 Å². The molecule has 0 atom stereocenters. The number of nitrogens with zero attached hydrogens (tertiary/aromatic N) is 2. The summed E-state index contributed by atoms with van der Waals surface area (Å²) in [6.45, 7) is -0.273. The first-order chi connectivity index (χ1) is 13.5. The molecule has 0 aliphatic rings. The van der Waals surface area contributed by atoms with E-state index in [4.69, 9.17) is 16.3 Å². The molecule has 140 valence electrons. The number of fused-ring (bicyclic) bond motifs is 2. The molecule has 3 aromatic carbocycles. The van der Waals surface area contributed by atoms with Gasteiger partial charge in [0.05, 0.1) is 5.52 Å². The minimum absolute atomic E-state index is 0.136. The molecule has 1 heterocycles. The zero-order valence-corrected chi connectivity index (χ0v) is 16.7. The van der Waals surface area contributed by atoms with E-state index in [2.05, 4.69) is 31.1 Å². The first kappa shape index (κ1) is 18.5. The predicted octanol–water partition coefficient (Wildman–Crippen LogP) is 6.13. The summed E-state index contributed by atoms with van der Waals surface area (Å²) in [6, 6.07) is 16.6. The van der Waals surface area contributed by atoms with Crippen LogP contribution in [0.3, 0.4) is 0 Å². The smallest absolute Gasteiger partial charge is 0.302 e. The number of hydrogen-bond acceptors (Lipinski definition) is 4. The lowest BCUT2D eigenvalue weighted by atomic mass is 10.1. The van der Waals surface area contributed by atoms with Crippen LogP contribution in [-0.4, -0.2) is 22.6 Å².